The first-order valence-corrected chi connectivity index (χ1v) is 9.67. The van der Waals surface area contributed by atoms with Crippen molar-refractivity contribution in [1.29, 1.82) is 0 Å². The molecule has 1 aromatic heterocycles. The van der Waals surface area contributed by atoms with Gasteiger partial charge in [0.15, 0.2) is 11.5 Å². The lowest BCUT2D eigenvalue weighted by molar-refractivity contribution is -0.130. The fourth-order valence-electron chi connectivity index (χ4n) is 3.28. The molecule has 0 saturated carbocycles. The van der Waals surface area contributed by atoms with Crippen LogP contribution in [0.1, 0.15) is 37.6 Å². The van der Waals surface area contributed by atoms with E-state index in [0.29, 0.717) is 21.3 Å². The molecule has 1 amide bonds. The van der Waals surface area contributed by atoms with Crippen LogP contribution in [0.2, 0.25) is 10.0 Å². The first kappa shape index (κ1) is 20.4. The van der Waals surface area contributed by atoms with Crippen molar-refractivity contribution in [2.24, 2.45) is 5.92 Å². The highest BCUT2D eigenvalue weighted by molar-refractivity contribution is 6.42. The van der Waals surface area contributed by atoms with Gasteiger partial charge in [-0.3, -0.25) is 14.6 Å². The summed E-state index contributed by atoms with van der Waals surface area (Å²) in [6.07, 6.45) is 1.85. The maximum atomic E-state index is 12.9. The van der Waals surface area contributed by atoms with Gasteiger partial charge in [0.2, 0.25) is 0 Å². The number of amides is 1. The molecule has 0 saturated heterocycles. The number of aliphatic hydroxyl groups is 1. The molecule has 1 aliphatic heterocycles. The predicted octanol–water partition coefficient (Wildman–Crippen LogP) is 4.90. The van der Waals surface area contributed by atoms with Crippen LogP contribution in [0.15, 0.2) is 53.9 Å². The second-order valence-electron chi connectivity index (χ2n) is 7.11. The Balaban J connectivity index is 2.07. The van der Waals surface area contributed by atoms with Crippen LogP contribution in [0, 0.1) is 5.92 Å². The van der Waals surface area contributed by atoms with E-state index in [0.717, 1.165) is 0 Å². The molecule has 146 valence electrons. The monoisotopic (exact) mass is 418 g/mol. The lowest BCUT2D eigenvalue weighted by Crippen LogP contribution is -2.31. The highest BCUT2D eigenvalue weighted by Gasteiger charge is 2.43. The van der Waals surface area contributed by atoms with Crippen molar-refractivity contribution in [3.63, 3.8) is 0 Å². The number of Topliss-reactive ketones (excluding diaryl/α,β-unsaturated/α-hetero) is 1. The third kappa shape index (κ3) is 4.05. The molecule has 0 spiro atoms. The Labute approximate surface area is 173 Å². The van der Waals surface area contributed by atoms with Gasteiger partial charge in [-0.1, -0.05) is 49.2 Å². The zero-order chi connectivity index (χ0) is 20.4. The van der Waals surface area contributed by atoms with Crippen LogP contribution < -0.4 is 0 Å². The van der Waals surface area contributed by atoms with E-state index >= 15 is 0 Å². The average molecular weight is 419 g/mol. The van der Waals surface area contributed by atoms with Crippen molar-refractivity contribution < 1.29 is 14.7 Å². The molecule has 2 heterocycles. The lowest BCUT2D eigenvalue weighted by atomic mass is 9.92. The Morgan fingerprint density at radius 1 is 1.21 bits per heavy atom. The van der Waals surface area contributed by atoms with Gasteiger partial charge in [0, 0.05) is 12.6 Å². The van der Waals surface area contributed by atoms with Gasteiger partial charge in [0.05, 0.1) is 33.9 Å². The van der Waals surface area contributed by atoms with Crippen molar-refractivity contribution in [3.8, 4) is 0 Å². The molecular weight excluding hydrogens is 399 g/mol. The zero-order valence-corrected chi connectivity index (χ0v) is 17.0. The van der Waals surface area contributed by atoms with Crippen molar-refractivity contribution in [1.82, 2.24) is 9.88 Å². The number of carbonyl (C=O) groups is 2. The van der Waals surface area contributed by atoms with Crippen LogP contribution in [0.3, 0.4) is 0 Å². The summed E-state index contributed by atoms with van der Waals surface area (Å²) in [6, 6.07) is 9.56. The third-order valence-electron chi connectivity index (χ3n) is 4.52. The van der Waals surface area contributed by atoms with Crippen LogP contribution >= 0.6 is 23.2 Å². The molecule has 0 fully saturated rings. The average Bonchev–Trinajstić information content (AvgIpc) is 2.89. The van der Waals surface area contributed by atoms with Gasteiger partial charge >= 0.3 is 0 Å². The van der Waals surface area contributed by atoms with Crippen LogP contribution in [-0.2, 0) is 16.1 Å². The number of aliphatic hydroxyl groups excluding tert-OH is 1. The van der Waals surface area contributed by atoms with Crippen LogP contribution in [0.25, 0.3) is 0 Å². The molecule has 0 aliphatic carbocycles. The maximum absolute atomic E-state index is 12.9. The largest absolute Gasteiger partial charge is 0.503 e. The van der Waals surface area contributed by atoms with E-state index in [2.05, 4.69) is 4.98 Å². The highest BCUT2D eigenvalue weighted by Crippen LogP contribution is 2.41. The normalized spacial score (nSPS) is 17.0. The summed E-state index contributed by atoms with van der Waals surface area (Å²) < 4.78 is 0. The van der Waals surface area contributed by atoms with Crippen molar-refractivity contribution in [2.45, 2.75) is 32.9 Å². The molecule has 28 heavy (non-hydrogen) atoms. The molecular formula is C21H20Cl2N2O3. The number of ketones is 1. The lowest BCUT2D eigenvalue weighted by Gasteiger charge is -2.27. The SMILES string of the molecule is CC(C)CC(=O)C1=C(O)C(=O)N(Cc2ccccn2)C1c1ccc(Cl)c(Cl)c1. The summed E-state index contributed by atoms with van der Waals surface area (Å²) >= 11 is 12.2. The van der Waals surface area contributed by atoms with E-state index in [1.165, 1.54) is 4.90 Å². The molecule has 1 N–H and O–H groups in total. The Bertz CT molecular complexity index is 942. The Hall–Kier alpha value is -2.37. The number of rotatable bonds is 6. The number of hydrogen-bond donors (Lipinski definition) is 1. The van der Waals surface area contributed by atoms with Gasteiger partial charge in [0.25, 0.3) is 5.91 Å². The van der Waals surface area contributed by atoms with E-state index in [4.69, 9.17) is 23.2 Å². The van der Waals surface area contributed by atoms with Crippen molar-refractivity contribution in [2.75, 3.05) is 0 Å². The standard InChI is InChI=1S/C21H20Cl2N2O3/c1-12(2)9-17(26)18-19(13-6-7-15(22)16(23)10-13)25(21(28)20(18)27)11-14-5-3-4-8-24-14/h3-8,10,12,19,27H,9,11H2,1-2H3. The molecule has 1 aromatic carbocycles. The number of carbonyl (C=O) groups excluding carboxylic acids is 2. The smallest absolute Gasteiger partial charge is 0.290 e. The highest BCUT2D eigenvalue weighted by atomic mass is 35.5. The fourth-order valence-corrected chi connectivity index (χ4v) is 3.58. The van der Waals surface area contributed by atoms with Crippen LogP contribution in [0.5, 0.6) is 0 Å². The van der Waals surface area contributed by atoms with E-state index in [1.54, 1.807) is 36.5 Å². The van der Waals surface area contributed by atoms with Crippen LogP contribution in [-0.4, -0.2) is 26.7 Å². The predicted molar refractivity (Wildman–Crippen MR) is 108 cm³/mol. The Morgan fingerprint density at radius 2 is 1.96 bits per heavy atom. The molecule has 0 radical (unpaired) electrons. The molecule has 1 unspecified atom stereocenters. The topological polar surface area (TPSA) is 70.5 Å². The number of benzene rings is 1. The van der Waals surface area contributed by atoms with Gasteiger partial charge in [-0.15, -0.1) is 0 Å². The molecule has 7 heteroatoms. The molecule has 5 nitrogen and oxygen atoms in total. The number of aromatic nitrogens is 1. The van der Waals surface area contributed by atoms with E-state index < -0.39 is 17.7 Å². The summed E-state index contributed by atoms with van der Waals surface area (Å²) in [5.41, 5.74) is 1.34. The summed E-state index contributed by atoms with van der Waals surface area (Å²) in [5.74, 6) is -1.30. The van der Waals surface area contributed by atoms with E-state index in [1.807, 2.05) is 19.9 Å². The minimum atomic E-state index is -0.754. The molecule has 1 aliphatic rings. The van der Waals surface area contributed by atoms with Crippen molar-refractivity contribution in [3.05, 3.63) is 75.2 Å². The third-order valence-corrected chi connectivity index (χ3v) is 5.25. The Morgan fingerprint density at radius 3 is 2.57 bits per heavy atom. The number of nitrogens with zero attached hydrogens (tertiary/aromatic N) is 2. The summed E-state index contributed by atoms with van der Waals surface area (Å²) in [5, 5.41) is 11.2. The second kappa shape index (κ2) is 8.33. The molecule has 2 aromatic rings. The minimum absolute atomic E-state index is 0.0854. The van der Waals surface area contributed by atoms with Gasteiger partial charge in [-0.25, -0.2) is 0 Å². The van der Waals surface area contributed by atoms with Crippen molar-refractivity contribution >= 4 is 34.9 Å². The molecule has 1 atom stereocenters. The fraction of sp³-hybridized carbons (Fsp3) is 0.286. The quantitative estimate of drug-likeness (QED) is 0.723. The summed E-state index contributed by atoms with van der Waals surface area (Å²) in [4.78, 5) is 31.4. The summed E-state index contributed by atoms with van der Waals surface area (Å²) in [6.45, 7) is 3.96. The van der Waals surface area contributed by atoms with Gasteiger partial charge in [0.1, 0.15) is 0 Å². The van der Waals surface area contributed by atoms with Crippen LogP contribution in [0.4, 0.5) is 0 Å². The second-order valence-corrected chi connectivity index (χ2v) is 7.93. The molecule has 3 rings (SSSR count). The van der Waals surface area contributed by atoms with E-state index in [-0.39, 0.29) is 30.2 Å². The first-order valence-electron chi connectivity index (χ1n) is 8.91. The Kier molecular flexibility index (Phi) is 6.06. The van der Waals surface area contributed by atoms with Gasteiger partial charge in [-0.05, 0) is 35.7 Å². The zero-order valence-electron chi connectivity index (χ0n) is 15.5. The number of pyridine rings is 1. The number of halogens is 2. The van der Waals surface area contributed by atoms with Gasteiger partial charge < -0.3 is 10.0 Å². The minimum Gasteiger partial charge on any atom is -0.503 e. The van der Waals surface area contributed by atoms with Gasteiger partial charge in [-0.2, -0.15) is 0 Å². The maximum Gasteiger partial charge on any atom is 0.290 e. The number of hydrogen-bond acceptors (Lipinski definition) is 4. The first-order chi connectivity index (χ1) is 13.3. The molecule has 0 bridgehead atoms. The summed E-state index contributed by atoms with van der Waals surface area (Å²) in [7, 11) is 0. The van der Waals surface area contributed by atoms with E-state index in [9.17, 15) is 14.7 Å².